The van der Waals surface area contributed by atoms with Gasteiger partial charge < -0.3 is 19.5 Å². The van der Waals surface area contributed by atoms with E-state index in [-0.39, 0.29) is 12.1 Å². The zero-order valence-corrected chi connectivity index (χ0v) is 18.0. The number of hydrogen-bond acceptors (Lipinski definition) is 7. The van der Waals surface area contributed by atoms with Gasteiger partial charge in [0.25, 0.3) is 5.89 Å². The SMILES string of the molecule is Cc1cccc(NC(=O)N2CCC(Oc3ccccc3-c3nc(-c4cnccn4)no3)C2)c1. The van der Waals surface area contributed by atoms with Gasteiger partial charge in [0, 0.05) is 31.0 Å². The number of rotatable bonds is 5. The monoisotopic (exact) mass is 442 g/mol. The molecule has 0 bridgehead atoms. The van der Waals surface area contributed by atoms with Crippen molar-refractivity contribution < 1.29 is 14.1 Å². The Morgan fingerprint density at radius 3 is 2.94 bits per heavy atom. The summed E-state index contributed by atoms with van der Waals surface area (Å²) >= 11 is 0. The first kappa shape index (κ1) is 20.6. The molecule has 1 fully saturated rings. The lowest BCUT2D eigenvalue weighted by molar-refractivity contribution is 0.195. The molecule has 33 heavy (non-hydrogen) atoms. The lowest BCUT2D eigenvalue weighted by atomic mass is 10.2. The fourth-order valence-corrected chi connectivity index (χ4v) is 3.71. The zero-order chi connectivity index (χ0) is 22.6. The maximum absolute atomic E-state index is 12.7. The van der Waals surface area contributed by atoms with Gasteiger partial charge in [0.15, 0.2) is 0 Å². The molecule has 166 valence electrons. The van der Waals surface area contributed by atoms with Crippen molar-refractivity contribution in [2.45, 2.75) is 19.4 Å². The standard InChI is InChI=1S/C24H22N6O3/c1-16-5-4-6-17(13-16)27-24(31)30-12-9-18(15-30)32-21-8-3-2-7-19(21)23-28-22(29-33-23)20-14-25-10-11-26-20/h2-8,10-11,13-14,18H,9,12,15H2,1H3,(H,27,31). The highest BCUT2D eigenvalue weighted by atomic mass is 16.5. The maximum Gasteiger partial charge on any atom is 0.321 e. The molecule has 0 saturated carbocycles. The van der Waals surface area contributed by atoms with Crippen molar-refractivity contribution in [2.24, 2.45) is 0 Å². The Hall–Kier alpha value is -4.27. The molecule has 2 aromatic heterocycles. The molecule has 1 aliphatic heterocycles. The average Bonchev–Trinajstić information content (AvgIpc) is 3.50. The van der Waals surface area contributed by atoms with Crippen LogP contribution >= 0.6 is 0 Å². The van der Waals surface area contributed by atoms with Crippen molar-refractivity contribution >= 4 is 11.7 Å². The van der Waals surface area contributed by atoms with E-state index >= 15 is 0 Å². The summed E-state index contributed by atoms with van der Waals surface area (Å²) in [5.74, 6) is 1.31. The summed E-state index contributed by atoms with van der Waals surface area (Å²) in [4.78, 5) is 27.1. The Morgan fingerprint density at radius 1 is 1.18 bits per heavy atom. The second-order valence-electron chi connectivity index (χ2n) is 7.78. The third kappa shape index (κ3) is 4.67. The van der Waals surface area contributed by atoms with Crippen LogP contribution < -0.4 is 10.1 Å². The van der Waals surface area contributed by atoms with Crippen LogP contribution in [0.3, 0.4) is 0 Å². The number of anilines is 1. The van der Waals surface area contributed by atoms with Gasteiger partial charge in [0.1, 0.15) is 17.5 Å². The van der Waals surface area contributed by atoms with E-state index in [0.29, 0.717) is 41.8 Å². The van der Waals surface area contributed by atoms with Crippen molar-refractivity contribution in [3.05, 3.63) is 72.7 Å². The van der Waals surface area contributed by atoms with Crippen LogP contribution in [-0.2, 0) is 0 Å². The Bertz CT molecular complexity index is 1260. The van der Waals surface area contributed by atoms with E-state index in [0.717, 1.165) is 17.7 Å². The van der Waals surface area contributed by atoms with Gasteiger partial charge in [0.05, 0.1) is 18.3 Å². The average molecular weight is 442 g/mol. The molecule has 2 aromatic carbocycles. The molecule has 0 spiro atoms. The third-order valence-corrected chi connectivity index (χ3v) is 5.33. The molecule has 3 heterocycles. The fraction of sp³-hybridized carbons (Fsp3) is 0.208. The number of carbonyl (C=O) groups is 1. The number of aryl methyl sites for hydroxylation is 1. The lowest BCUT2D eigenvalue weighted by Gasteiger charge is -2.18. The van der Waals surface area contributed by atoms with Crippen LogP contribution in [0.15, 0.2) is 71.6 Å². The van der Waals surface area contributed by atoms with Crippen LogP contribution in [0.5, 0.6) is 5.75 Å². The molecule has 1 atom stereocenters. The number of hydrogen-bond donors (Lipinski definition) is 1. The van der Waals surface area contributed by atoms with Gasteiger partial charge in [-0.2, -0.15) is 4.98 Å². The summed E-state index contributed by atoms with van der Waals surface area (Å²) in [6.07, 6.45) is 5.32. The maximum atomic E-state index is 12.7. The van der Waals surface area contributed by atoms with Crippen molar-refractivity contribution in [3.63, 3.8) is 0 Å². The van der Waals surface area contributed by atoms with Crippen molar-refractivity contribution in [1.82, 2.24) is 25.0 Å². The van der Waals surface area contributed by atoms with E-state index in [4.69, 9.17) is 9.26 Å². The minimum absolute atomic E-state index is 0.134. The number of nitrogens with zero attached hydrogens (tertiary/aromatic N) is 5. The highest BCUT2D eigenvalue weighted by molar-refractivity contribution is 5.89. The minimum atomic E-state index is -0.142. The molecule has 1 unspecified atom stereocenters. The van der Waals surface area contributed by atoms with E-state index in [1.807, 2.05) is 55.5 Å². The van der Waals surface area contributed by atoms with E-state index in [2.05, 4.69) is 25.4 Å². The first-order valence-corrected chi connectivity index (χ1v) is 10.6. The molecular formula is C24H22N6O3. The van der Waals surface area contributed by atoms with Gasteiger partial charge in [-0.15, -0.1) is 0 Å². The Labute approximate surface area is 190 Å². The number of nitrogens with one attached hydrogen (secondary N) is 1. The first-order valence-electron chi connectivity index (χ1n) is 10.6. The Kier molecular flexibility index (Phi) is 5.67. The molecule has 1 N–H and O–H groups in total. The Balaban J connectivity index is 1.27. The number of ether oxygens (including phenoxy) is 1. The fourth-order valence-electron chi connectivity index (χ4n) is 3.71. The molecule has 2 amide bonds. The number of para-hydroxylation sites is 1. The molecule has 1 aliphatic rings. The summed E-state index contributed by atoms with van der Waals surface area (Å²) in [6, 6.07) is 15.1. The molecule has 4 aromatic rings. The smallest absolute Gasteiger partial charge is 0.321 e. The second-order valence-corrected chi connectivity index (χ2v) is 7.78. The molecule has 0 aliphatic carbocycles. The number of likely N-dealkylation sites (tertiary alicyclic amines) is 1. The van der Waals surface area contributed by atoms with Gasteiger partial charge >= 0.3 is 6.03 Å². The summed E-state index contributed by atoms with van der Waals surface area (Å²) in [5.41, 5.74) is 3.08. The number of amides is 2. The van der Waals surface area contributed by atoms with Gasteiger partial charge in [-0.25, -0.2) is 9.78 Å². The first-order chi connectivity index (χ1) is 16.2. The van der Waals surface area contributed by atoms with Crippen molar-refractivity contribution in [3.8, 4) is 28.7 Å². The van der Waals surface area contributed by atoms with Crippen LogP contribution in [0, 0.1) is 6.92 Å². The topological polar surface area (TPSA) is 106 Å². The normalized spacial score (nSPS) is 15.4. The van der Waals surface area contributed by atoms with Crippen LogP contribution in [0.25, 0.3) is 23.0 Å². The molecule has 9 heteroatoms. The highest BCUT2D eigenvalue weighted by Gasteiger charge is 2.29. The van der Waals surface area contributed by atoms with Gasteiger partial charge in [-0.05, 0) is 36.8 Å². The van der Waals surface area contributed by atoms with Crippen LogP contribution in [0.4, 0.5) is 10.5 Å². The van der Waals surface area contributed by atoms with Crippen LogP contribution in [0.2, 0.25) is 0 Å². The lowest BCUT2D eigenvalue weighted by Crippen LogP contribution is -2.34. The van der Waals surface area contributed by atoms with E-state index in [9.17, 15) is 4.79 Å². The summed E-state index contributed by atoms with van der Waals surface area (Å²) in [6.45, 7) is 3.09. The summed E-state index contributed by atoms with van der Waals surface area (Å²) in [5, 5.41) is 6.96. The molecule has 5 rings (SSSR count). The molecular weight excluding hydrogens is 420 g/mol. The predicted octanol–water partition coefficient (Wildman–Crippen LogP) is 4.19. The van der Waals surface area contributed by atoms with E-state index in [1.165, 1.54) is 0 Å². The largest absolute Gasteiger partial charge is 0.488 e. The van der Waals surface area contributed by atoms with Gasteiger partial charge in [0.2, 0.25) is 5.82 Å². The number of aromatic nitrogens is 4. The van der Waals surface area contributed by atoms with Crippen molar-refractivity contribution in [2.75, 3.05) is 18.4 Å². The quantitative estimate of drug-likeness (QED) is 0.494. The highest BCUT2D eigenvalue weighted by Crippen LogP contribution is 2.31. The van der Waals surface area contributed by atoms with Crippen LogP contribution in [0.1, 0.15) is 12.0 Å². The van der Waals surface area contributed by atoms with Crippen LogP contribution in [-0.4, -0.2) is 50.2 Å². The van der Waals surface area contributed by atoms with E-state index < -0.39 is 0 Å². The molecule has 0 radical (unpaired) electrons. The number of carbonyl (C=O) groups excluding carboxylic acids is 1. The second kappa shape index (κ2) is 9.07. The number of urea groups is 1. The summed E-state index contributed by atoms with van der Waals surface area (Å²) in [7, 11) is 0. The van der Waals surface area contributed by atoms with Gasteiger partial charge in [-0.1, -0.05) is 29.4 Å². The third-order valence-electron chi connectivity index (χ3n) is 5.33. The molecule has 1 saturated heterocycles. The zero-order valence-electron chi connectivity index (χ0n) is 18.0. The predicted molar refractivity (Wildman–Crippen MR) is 122 cm³/mol. The van der Waals surface area contributed by atoms with Crippen molar-refractivity contribution in [1.29, 1.82) is 0 Å². The van der Waals surface area contributed by atoms with E-state index in [1.54, 1.807) is 23.5 Å². The number of benzene rings is 2. The Morgan fingerprint density at radius 2 is 2.09 bits per heavy atom. The molecule has 9 nitrogen and oxygen atoms in total. The minimum Gasteiger partial charge on any atom is -0.488 e. The summed E-state index contributed by atoms with van der Waals surface area (Å²) < 4.78 is 11.7. The van der Waals surface area contributed by atoms with Gasteiger partial charge in [-0.3, -0.25) is 4.98 Å².